The van der Waals surface area contributed by atoms with Crippen LogP contribution in [0, 0.1) is 45.8 Å². The zero-order chi connectivity index (χ0) is 30.3. The highest BCUT2D eigenvalue weighted by molar-refractivity contribution is 6.10. The van der Waals surface area contributed by atoms with Gasteiger partial charge in [-0.05, 0) is 67.1 Å². The summed E-state index contributed by atoms with van der Waals surface area (Å²) in [5.74, 6) is -5.52. The molecule has 43 heavy (non-hydrogen) atoms. The second-order valence-electron chi connectivity index (χ2n) is 14.9. The van der Waals surface area contributed by atoms with E-state index in [1.165, 1.54) is 0 Å². The van der Waals surface area contributed by atoms with Crippen LogP contribution in [0.1, 0.15) is 62.7 Å². The molecule has 3 aliphatic heterocycles. The maximum absolute atomic E-state index is 14.7. The molecule has 9 unspecified atom stereocenters. The van der Waals surface area contributed by atoms with Crippen LogP contribution in [0.2, 0.25) is 0 Å². The molecule has 228 valence electrons. The predicted octanol–water partition coefficient (Wildman–Crippen LogP) is 2.69. The van der Waals surface area contributed by atoms with Gasteiger partial charge >= 0.3 is 5.97 Å². The highest BCUT2D eigenvalue weighted by Crippen LogP contribution is 2.85. The van der Waals surface area contributed by atoms with Crippen LogP contribution in [-0.4, -0.2) is 75.7 Å². The number of carbonyl (C=O) groups is 4. The minimum absolute atomic E-state index is 0.00213. The van der Waals surface area contributed by atoms with Gasteiger partial charge in [-0.25, -0.2) is 0 Å². The fourth-order valence-electron chi connectivity index (χ4n) is 11.2. The molecule has 3 saturated heterocycles. The first-order chi connectivity index (χ1) is 20.4. The summed E-state index contributed by atoms with van der Waals surface area (Å²) in [6.45, 7) is 9.03. The predicted molar refractivity (Wildman–Crippen MR) is 151 cm³/mol. The van der Waals surface area contributed by atoms with Crippen molar-refractivity contribution in [3.63, 3.8) is 0 Å². The van der Waals surface area contributed by atoms with Crippen molar-refractivity contribution in [2.24, 2.45) is 45.8 Å². The zero-order valence-electron chi connectivity index (χ0n) is 24.7. The number of Topliss-reactive ketones (excluding diaryl/α,β-unsaturated/α-hetero) is 2. The first-order valence-corrected chi connectivity index (χ1v) is 15.8. The van der Waals surface area contributed by atoms with Crippen LogP contribution in [0.5, 0.6) is 0 Å². The number of aliphatic hydroxyl groups excluding tert-OH is 1. The summed E-state index contributed by atoms with van der Waals surface area (Å²) in [5, 5.41) is 24.1. The van der Waals surface area contributed by atoms with Crippen molar-refractivity contribution in [1.29, 1.82) is 0 Å². The SMILES string of the molecule is C=C1C2CCC3C45COC(O)(C(O)C4C(C)(C)CCC5=O)C34C(=O)C1(OC(=O)C1CCN(C(=O)c3ccccc3)CC1)C24. The smallest absolute Gasteiger partial charge is 0.310 e. The van der Waals surface area contributed by atoms with E-state index in [1.807, 2.05) is 32.0 Å². The summed E-state index contributed by atoms with van der Waals surface area (Å²) < 4.78 is 12.2. The molecule has 1 amide bonds. The van der Waals surface area contributed by atoms with Gasteiger partial charge in [0, 0.05) is 36.9 Å². The number of benzene rings is 1. The van der Waals surface area contributed by atoms with Gasteiger partial charge in [0.25, 0.3) is 5.91 Å². The normalized spacial score (nSPS) is 45.7. The topological polar surface area (TPSA) is 130 Å². The van der Waals surface area contributed by atoms with Crippen molar-refractivity contribution in [3.8, 4) is 0 Å². The highest BCUT2D eigenvalue weighted by Gasteiger charge is 2.97. The third-order valence-electron chi connectivity index (χ3n) is 13.1. The van der Waals surface area contributed by atoms with Gasteiger partial charge < -0.3 is 24.6 Å². The molecule has 5 saturated carbocycles. The van der Waals surface area contributed by atoms with Gasteiger partial charge in [0.2, 0.25) is 5.79 Å². The molecule has 8 aliphatic rings. The standard InChI is InChI=1S/C34H39NO8/c1-18-21-9-10-22-31-17-42-34(41,26(37)25(31)30(2,3)14-11-23(31)36)32(22)24(21)33(18,29(32)40)43-28(39)20-12-15-35(16-13-20)27(38)19-7-5-4-6-8-19/h4-8,20-22,24-26,37,41H,1,9-17H2,2-3H3. The van der Waals surface area contributed by atoms with Crippen LogP contribution in [0.4, 0.5) is 0 Å². The van der Waals surface area contributed by atoms with E-state index in [9.17, 15) is 29.4 Å². The first kappa shape index (κ1) is 27.7. The maximum atomic E-state index is 14.7. The fraction of sp³-hybridized carbons (Fsp3) is 0.647. The Labute approximate surface area is 250 Å². The van der Waals surface area contributed by atoms with Crippen LogP contribution in [0.15, 0.2) is 42.5 Å². The molecule has 2 spiro atoms. The van der Waals surface area contributed by atoms with Crippen molar-refractivity contribution < 1.29 is 38.9 Å². The molecule has 1 aromatic rings. The molecule has 5 aliphatic carbocycles. The third kappa shape index (κ3) is 2.87. The zero-order valence-corrected chi connectivity index (χ0v) is 24.7. The van der Waals surface area contributed by atoms with Gasteiger partial charge in [-0.15, -0.1) is 0 Å². The summed E-state index contributed by atoms with van der Waals surface area (Å²) in [6.07, 6.45) is 1.56. The number of carbonyl (C=O) groups excluding carboxylic acids is 4. The average molecular weight is 590 g/mol. The largest absolute Gasteiger partial charge is 0.446 e. The second-order valence-corrected chi connectivity index (χ2v) is 14.9. The Morgan fingerprint density at radius 3 is 2.44 bits per heavy atom. The number of rotatable bonds is 3. The number of ether oxygens (including phenoxy) is 2. The summed E-state index contributed by atoms with van der Waals surface area (Å²) >= 11 is 0. The molecule has 2 N–H and O–H groups in total. The molecule has 0 aromatic heterocycles. The van der Waals surface area contributed by atoms with E-state index >= 15 is 0 Å². The summed E-state index contributed by atoms with van der Waals surface area (Å²) in [7, 11) is 0. The Balaban J connectivity index is 1.08. The van der Waals surface area contributed by atoms with E-state index in [2.05, 4.69) is 6.58 Å². The molecule has 9 atom stereocenters. The molecular weight excluding hydrogens is 550 g/mol. The van der Waals surface area contributed by atoms with E-state index in [1.54, 1.807) is 17.0 Å². The maximum Gasteiger partial charge on any atom is 0.310 e. The minimum Gasteiger partial charge on any atom is -0.446 e. The Morgan fingerprint density at radius 2 is 1.74 bits per heavy atom. The molecule has 3 heterocycles. The van der Waals surface area contributed by atoms with E-state index in [0.717, 1.165) is 0 Å². The highest BCUT2D eigenvalue weighted by atomic mass is 16.6. The molecule has 0 radical (unpaired) electrons. The molecule has 8 fully saturated rings. The number of nitrogens with zero attached hydrogens (tertiary/aromatic N) is 1. The van der Waals surface area contributed by atoms with Gasteiger partial charge in [0.1, 0.15) is 17.3 Å². The minimum atomic E-state index is -2.17. The van der Waals surface area contributed by atoms with E-state index in [0.29, 0.717) is 62.8 Å². The molecular formula is C34H39NO8. The van der Waals surface area contributed by atoms with E-state index in [4.69, 9.17) is 9.47 Å². The van der Waals surface area contributed by atoms with Gasteiger partial charge in [-0.2, -0.15) is 0 Å². The van der Waals surface area contributed by atoms with Crippen molar-refractivity contribution in [3.05, 3.63) is 48.0 Å². The molecule has 1 aromatic carbocycles. The van der Waals surface area contributed by atoms with Crippen molar-refractivity contribution >= 4 is 23.4 Å². The number of esters is 1. The summed E-state index contributed by atoms with van der Waals surface area (Å²) in [6, 6.07) is 9.03. The fourth-order valence-corrected chi connectivity index (χ4v) is 11.2. The second kappa shape index (κ2) is 8.43. The lowest BCUT2D eigenvalue weighted by atomic mass is 9.21. The lowest BCUT2D eigenvalue weighted by molar-refractivity contribution is -0.465. The summed E-state index contributed by atoms with van der Waals surface area (Å²) in [5.41, 5.74) is -3.47. The number of hydrogen-bond acceptors (Lipinski definition) is 8. The van der Waals surface area contributed by atoms with Crippen LogP contribution in [-0.2, 0) is 23.9 Å². The van der Waals surface area contributed by atoms with E-state index in [-0.39, 0.29) is 24.2 Å². The Hall–Kier alpha value is -2.88. The number of likely N-dealkylation sites (tertiary alicyclic amines) is 1. The van der Waals surface area contributed by atoms with Crippen LogP contribution in [0.3, 0.4) is 0 Å². The van der Waals surface area contributed by atoms with Crippen LogP contribution >= 0.6 is 0 Å². The number of fused-ring (bicyclic) bond motifs is 1. The summed E-state index contributed by atoms with van der Waals surface area (Å²) in [4.78, 5) is 56.8. The lowest BCUT2D eigenvalue weighted by Gasteiger charge is -2.84. The molecule has 9 heteroatoms. The average Bonchev–Trinajstić information content (AvgIpc) is 3.01. The number of ketones is 2. The number of hydrogen-bond donors (Lipinski definition) is 2. The van der Waals surface area contributed by atoms with Crippen LogP contribution < -0.4 is 0 Å². The lowest BCUT2D eigenvalue weighted by Crippen LogP contribution is -2.97. The Bertz CT molecular complexity index is 1480. The van der Waals surface area contributed by atoms with Crippen LogP contribution in [0.25, 0.3) is 0 Å². The molecule has 9 rings (SSSR count). The quantitative estimate of drug-likeness (QED) is 0.407. The number of aliphatic hydroxyl groups is 2. The molecule has 9 nitrogen and oxygen atoms in total. The van der Waals surface area contributed by atoms with Gasteiger partial charge in [-0.1, -0.05) is 38.6 Å². The molecule has 2 bridgehead atoms. The van der Waals surface area contributed by atoms with E-state index < -0.39 is 69.2 Å². The van der Waals surface area contributed by atoms with Gasteiger partial charge in [-0.3, -0.25) is 19.2 Å². The first-order valence-electron chi connectivity index (χ1n) is 15.8. The monoisotopic (exact) mass is 589 g/mol. The van der Waals surface area contributed by atoms with Gasteiger partial charge in [0.15, 0.2) is 11.4 Å². The van der Waals surface area contributed by atoms with Crippen molar-refractivity contribution in [2.45, 2.75) is 69.9 Å². The third-order valence-corrected chi connectivity index (χ3v) is 13.1. The Kier molecular flexibility index (Phi) is 5.42. The number of piperidine rings is 1. The van der Waals surface area contributed by atoms with Crippen molar-refractivity contribution in [1.82, 2.24) is 4.90 Å². The Morgan fingerprint density at radius 1 is 1.05 bits per heavy atom. The van der Waals surface area contributed by atoms with Crippen molar-refractivity contribution in [2.75, 3.05) is 19.7 Å². The number of amides is 1. The van der Waals surface area contributed by atoms with Gasteiger partial charge in [0.05, 0.1) is 17.9 Å².